The van der Waals surface area contributed by atoms with E-state index in [1.165, 1.54) is 17.7 Å². The highest BCUT2D eigenvalue weighted by molar-refractivity contribution is 5.57. The molecule has 2 nitrogen and oxygen atoms in total. The zero-order valence-electron chi connectivity index (χ0n) is 12.2. The van der Waals surface area contributed by atoms with E-state index in [2.05, 4.69) is 32.0 Å². The molecule has 0 unspecified atom stereocenters. The minimum Gasteiger partial charge on any atom is -0.233 e. The van der Waals surface area contributed by atoms with Crippen molar-refractivity contribution >= 4 is 0 Å². The third kappa shape index (κ3) is 2.80. The highest BCUT2D eigenvalue weighted by Crippen LogP contribution is 2.23. The normalized spacial score (nSPS) is 11.7. The first-order chi connectivity index (χ1) is 8.79. The van der Waals surface area contributed by atoms with Crippen molar-refractivity contribution in [1.29, 1.82) is 0 Å². The van der Waals surface area contributed by atoms with Crippen molar-refractivity contribution in [2.24, 2.45) is 7.05 Å². The molecule has 0 saturated heterocycles. The fraction of sp³-hybridized carbons (Fsp3) is 0.375. The van der Waals surface area contributed by atoms with E-state index in [4.69, 9.17) is 0 Å². The number of benzene rings is 1. The summed E-state index contributed by atoms with van der Waals surface area (Å²) in [4.78, 5) is 4.55. The van der Waals surface area contributed by atoms with Gasteiger partial charge in [-0.15, -0.1) is 0 Å². The highest BCUT2D eigenvalue weighted by atomic mass is 19.1. The summed E-state index contributed by atoms with van der Waals surface area (Å²) < 4.78 is 15.2. The lowest BCUT2D eigenvalue weighted by Gasteiger charge is -2.16. The maximum Gasteiger partial charge on any atom is 0.330 e. The minimum atomic E-state index is -0.213. The maximum absolute atomic E-state index is 13.2. The van der Waals surface area contributed by atoms with Crippen molar-refractivity contribution in [2.75, 3.05) is 0 Å². The van der Waals surface area contributed by atoms with Crippen molar-refractivity contribution in [3.63, 3.8) is 0 Å². The monoisotopic (exact) mass is 259 g/mol. The molecule has 0 bridgehead atoms. The van der Waals surface area contributed by atoms with Crippen LogP contribution in [0, 0.1) is 12.7 Å². The number of nitrogens with zero attached hydrogens (tertiary/aromatic N) is 2. The summed E-state index contributed by atoms with van der Waals surface area (Å²) in [6.45, 7) is 8.38. The summed E-state index contributed by atoms with van der Waals surface area (Å²) >= 11 is 0. The smallest absolute Gasteiger partial charge is 0.233 e. The van der Waals surface area contributed by atoms with Gasteiger partial charge in [0.05, 0.1) is 18.8 Å². The van der Waals surface area contributed by atoms with Gasteiger partial charge in [-0.2, -0.15) is 0 Å². The molecule has 0 spiro atoms. The molecule has 2 aromatic rings. The molecule has 0 atom stereocenters. The van der Waals surface area contributed by atoms with Gasteiger partial charge >= 0.3 is 5.82 Å². The van der Waals surface area contributed by atoms with Crippen LogP contribution in [0.5, 0.6) is 0 Å². The average molecular weight is 259 g/mol. The van der Waals surface area contributed by atoms with E-state index in [-0.39, 0.29) is 11.2 Å². The summed E-state index contributed by atoms with van der Waals surface area (Å²) in [5, 5.41) is 0. The largest absolute Gasteiger partial charge is 0.330 e. The number of hydrogen-bond donors (Lipinski definition) is 0. The van der Waals surface area contributed by atoms with Crippen LogP contribution in [0.3, 0.4) is 0 Å². The van der Waals surface area contributed by atoms with Crippen LogP contribution in [0.4, 0.5) is 4.39 Å². The van der Waals surface area contributed by atoms with Crippen molar-refractivity contribution in [3.05, 3.63) is 47.5 Å². The van der Waals surface area contributed by atoms with Crippen molar-refractivity contribution in [3.8, 4) is 11.4 Å². The third-order valence-electron chi connectivity index (χ3n) is 3.29. The molecule has 3 heteroatoms. The van der Waals surface area contributed by atoms with E-state index in [1.807, 2.05) is 24.7 Å². The number of halogens is 1. The molecule has 0 amide bonds. The SMILES string of the molecule is Cc1cc(F)ccc1-c1ncc(C(C)(C)C)c[n+]1C. The van der Waals surface area contributed by atoms with Gasteiger partial charge in [-0.05, 0) is 41.1 Å². The lowest BCUT2D eigenvalue weighted by Crippen LogP contribution is -2.34. The lowest BCUT2D eigenvalue weighted by atomic mass is 9.89. The van der Waals surface area contributed by atoms with Crippen molar-refractivity contribution in [2.45, 2.75) is 33.1 Å². The molecule has 0 aliphatic carbocycles. The van der Waals surface area contributed by atoms with Gasteiger partial charge in [-0.25, -0.2) is 8.96 Å². The predicted molar refractivity (Wildman–Crippen MR) is 74.2 cm³/mol. The standard InChI is InChI=1S/C16H20FN2/c1-11-8-13(17)6-7-14(11)15-18-9-12(10-19(15)5)16(2,3)4/h6-10H,1-5H3/q+1. The van der Waals surface area contributed by atoms with Gasteiger partial charge in [0, 0.05) is 5.56 Å². The van der Waals surface area contributed by atoms with E-state index < -0.39 is 0 Å². The number of rotatable bonds is 1. The van der Waals surface area contributed by atoms with Gasteiger partial charge in [-0.1, -0.05) is 20.8 Å². The second-order valence-electron chi connectivity index (χ2n) is 5.99. The van der Waals surface area contributed by atoms with Crippen LogP contribution in [0.25, 0.3) is 11.4 Å². The van der Waals surface area contributed by atoms with Crippen LogP contribution in [0.15, 0.2) is 30.6 Å². The van der Waals surface area contributed by atoms with Gasteiger partial charge in [0.2, 0.25) is 0 Å². The van der Waals surface area contributed by atoms with Gasteiger partial charge in [-0.3, -0.25) is 0 Å². The van der Waals surface area contributed by atoms with E-state index in [9.17, 15) is 4.39 Å². The highest BCUT2D eigenvalue weighted by Gasteiger charge is 2.21. The van der Waals surface area contributed by atoms with Gasteiger partial charge in [0.1, 0.15) is 12.0 Å². The Morgan fingerprint density at radius 1 is 1.21 bits per heavy atom. The molecule has 19 heavy (non-hydrogen) atoms. The molecule has 0 N–H and O–H groups in total. The summed E-state index contributed by atoms with van der Waals surface area (Å²) in [5.74, 6) is 0.640. The van der Waals surface area contributed by atoms with E-state index in [0.29, 0.717) is 0 Å². The molecule has 1 heterocycles. The fourth-order valence-corrected chi connectivity index (χ4v) is 2.05. The van der Waals surface area contributed by atoms with Gasteiger partial charge < -0.3 is 0 Å². The van der Waals surface area contributed by atoms with Crippen LogP contribution in [-0.4, -0.2) is 4.98 Å². The van der Waals surface area contributed by atoms with Crippen LogP contribution >= 0.6 is 0 Å². The number of aromatic nitrogens is 2. The lowest BCUT2D eigenvalue weighted by molar-refractivity contribution is -0.663. The first-order valence-corrected chi connectivity index (χ1v) is 6.42. The van der Waals surface area contributed by atoms with Crippen molar-refractivity contribution < 1.29 is 8.96 Å². The average Bonchev–Trinajstić information content (AvgIpc) is 2.28. The second kappa shape index (κ2) is 4.72. The van der Waals surface area contributed by atoms with Gasteiger partial charge in [0.15, 0.2) is 0 Å². The Morgan fingerprint density at radius 3 is 2.42 bits per heavy atom. The molecule has 1 aromatic heterocycles. The minimum absolute atomic E-state index is 0.0706. The van der Waals surface area contributed by atoms with Crippen LogP contribution < -0.4 is 4.57 Å². The summed E-state index contributed by atoms with van der Waals surface area (Å²) in [6.07, 6.45) is 3.99. The molecular formula is C16H20FN2+. The number of hydrogen-bond acceptors (Lipinski definition) is 1. The van der Waals surface area contributed by atoms with Crippen LogP contribution in [0.2, 0.25) is 0 Å². The molecule has 100 valence electrons. The Bertz CT molecular complexity index is 613. The summed E-state index contributed by atoms with van der Waals surface area (Å²) in [6, 6.07) is 4.79. The Hall–Kier alpha value is -1.77. The molecule has 0 aliphatic rings. The van der Waals surface area contributed by atoms with Gasteiger partial charge in [0.25, 0.3) is 0 Å². The predicted octanol–water partition coefficient (Wildman–Crippen LogP) is 3.32. The quantitative estimate of drug-likeness (QED) is 0.718. The maximum atomic E-state index is 13.2. The first kappa shape index (κ1) is 13.7. The summed E-state index contributed by atoms with van der Waals surface area (Å²) in [7, 11) is 1.97. The Balaban J connectivity index is 2.52. The topological polar surface area (TPSA) is 16.8 Å². The summed E-state index contributed by atoms with van der Waals surface area (Å²) in [5.41, 5.74) is 3.11. The van der Waals surface area contributed by atoms with Crippen LogP contribution in [0.1, 0.15) is 31.9 Å². The Kier molecular flexibility index (Phi) is 3.40. The first-order valence-electron chi connectivity index (χ1n) is 6.42. The fourth-order valence-electron chi connectivity index (χ4n) is 2.05. The molecule has 0 aliphatic heterocycles. The Labute approximate surface area is 113 Å². The van der Waals surface area contributed by atoms with E-state index in [1.54, 1.807) is 6.07 Å². The second-order valence-corrected chi connectivity index (χ2v) is 5.99. The zero-order chi connectivity index (χ0) is 14.2. The molecule has 0 radical (unpaired) electrons. The number of aryl methyl sites for hydroxylation is 2. The molecule has 1 aromatic carbocycles. The third-order valence-corrected chi connectivity index (χ3v) is 3.29. The van der Waals surface area contributed by atoms with E-state index >= 15 is 0 Å². The molecule has 0 saturated carbocycles. The zero-order valence-corrected chi connectivity index (χ0v) is 12.2. The Morgan fingerprint density at radius 2 is 1.89 bits per heavy atom. The molecule has 2 rings (SSSR count). The van der Waals surface area contributed by atoms with E-state index in [0.717, 1.165) is 17.0 Å². The van der Waals surface area contributed by atoms with Crippen molar-refractivity contribution in [1.82, 2.24) is 4.98 Å². The van der Waals surface area contributed by atoms with Crippen LogP contribution in [-0.2, 0) is 12.5 Å². The molecular weight excluding hydrogens is 239 g/mol. The molecule has 0 fully saturated rings.